The van der Waals surface area contributed by atoms with Gasteiger partial charge in [0.1, 0.15) is 11.6 Å². The van der Waals surface area contributed by atoms with Crippen LogP contribution in [0.25, 0.3) is 0 Å². The second kappa shape index (κ2) is 7.15. The standard InChI is InChI=1S/C19H19F2NO3S/c20-16-10-15(11-17(21)12-16)19(8-4-5-9-19)18(23)22-26(24,25)13-14-6-2-1-3-7-14/h1-3,6-7,10-12H,4-5,8-9,13H2,(H,22,23). The zero-order valence-corrected chi connectivity index (χ0v) is 14.9. The highest BCUT2D eigenvalue weighted by Crippen LogP contribution is 2.42. The van der Waals surface area contributed by atoms with Crippen LogP contribution in [-0.4, -0.2) is 14.3 Å². The van der Waals surface area contributed by atoms with E-state index in [2.05, 4.69) is 4.72 Å². The first-order valence-corrected chi connectivity index (χ1v) is 10.0. The number of sulfonamides is 1. The first kappa shape index (κ1) is 18.5. The molecule has 2 aromatic rings. The van der Waals surface area contributed by atoms with Gasteiger partial charge in [-0.15, -0.1) is 0 Å². The number of amides is 1. The van der Waals surface area contributed by atoms with Crippen molar-refractivity contribution in [2.24, 2.45) is 0 Å². The Balaban J connectivity index is 1.87. The fraction of sp³-hybridized carbons (Fsp3) is 0.316. The molecule has 0 radical (unpaired) electrons. The average molecular weight is 379 g/mol. The fourth-order valence-electron chi connectivity index (χ4n) is 3.52. The summed E-state index contributed by atoms with van der Waals surface area (Å²) >= 11 is 0. The van der Waals surface area contributed by atoms with Crippen molar-refractivity contribution < 1.29 is 22.0 Å². The average Bonchev–Trinajstić information content (AvgIpc) is 3.05. The summed E-state index contributed by atoms with van der Waals surface area (Å²) in [6.07, 6.45) is 2.07. The van der Waals surface area contributed by atoms with E-state index in [4.69, 9.17) is 0 Å². The first-order chi connectivity index (χ1) is 12.3. The van der Waals surface area contributed by atoms with Gasteiger partial charge in [0.2, 0.25) is 15.9 Å². The molecule has 0 aliphatic heterocycles. The minimum atomic E-state index is -3.92. The third-order valence-electron chi connectivity index (χ3n) is 4.75. The number of benzene rings is 2. The second-order valence-electron chi connectivity index (χ2n) is 6.62. The van der Waals surface area contributed by atoms with E-state index in [-0.39, 0.29) is 11.3 Å². The predicted octanol–water partition coefficient (Wildman–Crippen LogP) is 3.42. The van der Waals surface area contributed by atoms with Crippen molar-refractivity contribution in [1.82, 2.24) is 4.72 Å². The lowest BCUT2D eigenvalue weighted by molar-refractivity contribution is -0.124. The lowest BCUT2D eigenvalue weighted by Gasteiger charge is -2.28. The van der Waals surface area contributed by atoms with Crippen LogP contribution in [0.5, 0.6) is 0 Å². The number of halogens is 2. The number of nitrogens with one attached hydrogen (secondary N) is 1. The molecule has 1 amide bonds. The normalized spacial score (nSPS) is 16.4. The molecule has 1 saturated carbocycles. The van der Waals surface area contributed by atoms with Gasteiger partial charge in [0.25, 0.3) is 0 Å². The van der Waals surface area contributed by atoms with Gasteiger partial charge in [-0.1, -0.05) is 43.2 Å². The topological polar surface area (TPSA) is 63.2 Å². The molecule has 0 unspecified atom stereocenters. The van der Waals surface area contributed by atoms with E-state index >= 15 is 0 Å². The molecule has 0 saturated heterocycles. The van der Waals surface area contributed by atoms with Crippen molar-refractivity contribution in [3.63, 3.8) is 0 Å². The molecule has 1 N–H and O–H groups in total. The van der Waals surface area contributed by atoms with Crippen LogP contribution in [-0.2, 0) is 26.0 Å². The molecule has 0 atom stereocenters. The fourth-order valence-corrected chi connectivity index (χ4v) is 4.71. The molecule has 0 bridgehead atoms. The minimum Gasteiger partial charge on any atom is -0.273 e. The second-order valence-corrected chi connectivity index (χ2v) is 8.35. The van der Waals surface area contributed by atoms with E-state index in [0.29, 0.717) is 31.2 Å². The van der Waals surface area contributed by atoms with E-state index in [1.165, 1.54) is 0 Å². The number of hydrogen-bond donors (Lipinski definition) is 1. The number of carbonyl (C=O) groups is 1. The molecular formula is C19H19F2NO3S. The van der Waals surface area contributed by atoms with Gasteiger partial charge >= 0.3 is 0 Å². The quantitative estimate of drug-likeness (QED) is 0.866. The van der Waals surface area contributed by atoms with Gasteiger partial charge in [-0.05, 0) is 36.1 Å². The molecule has 0 spiro atoms. The Labute approximate surface area is 151 Å². The van der Waals surface area contributed by atoms with Gasteiger partial charge in [0.05, 0.1) is 11.2 Å². The molecule has 1 aliphatic carbocycles. The van der Waals surface area contributed by atoms with Crippen LogP contribution < -0.4 is 4.72 Å². The van der Waals surface area contributed by atoms with Crippen LogP contribution in [0.15, 0.2) is 48.5 Å². The van der Waals surface area contributed by atoms with Crippen LogP contribution in [0.1, 0.15) is 36.8 Å². The maximum Gasteiger partial charge on any atom is 0.244 e. The van der Waals surface area contributed by atoms with Crippen molar-refractivity contribution >= 4 is 15.9 Å². The Bertz CT molecular complexity index is 887. The Hall–Kier alpha value is -2.28. The summed E-state index contributed by atoms with van der Waals surface area (Å²) in [5.41, 5.74) is -0.503. The smallest absolute Gasteiger partial charge is 0.244 e. The van der Waals surface area contributed by atoms with Crippen molar-refractivity contribution in [3.8, 4) is 0 Å². The van der Waals surface area contributed by atoms with E-state index in [0.717, 1.165) is 18.2 Å². The summed E-state index contributed by atoms with van der Waals surface area (Å²) in [6.45, 7) is 0. The Morgan fingerprint density at radius 1 is 1.00 bits per heavy atom. The molecule has 4 nitrogen and oxygen atoms in total. The van der Waals surface area contributed by atoms with Gasteiger partial charge in [-0.3, -0.25) is 9.52 Å². The SMILES string of the molecule is O=C(NS(=O)(=O)Cc1ccccc1)C1(c2cc(F)cc(F)c2)CCCC1. The molecule has 0 aromatic heterocycles. The summed E-state index contributed by atoms with van der Waals surface area (Å²) in [4.78, 5) is 12.9. The van der Waals surface area contributed by atoms with Gasteiger partial charge < -0.3 is 0 Å². The van der Waals surface area contributed by atoms with Gasteiger partial charge in [-0.2, -0.15) is 0 Å². The van der Waals surface area contributed by atoms with Crippen LogP contribution in [0.4, 0.5) is 8.78 Å². The molecule has 138 valence electrons. The number of rotatable bonds is 5. The third kappa shape index (κ3) is 3.93. The van der Waals surface area contributed by atoms with Crippen LogP contribution in [0, 0.1) is 11.6 Å². The third-order valence-corrected chi connectivity index (χ3v) is 5.96. The summed E-state index contributed by atoms with van der Waals surface area (Å²) in [5, 5.41) is 0. The Morgan fingerprint density at radius 2 is 1.58 bits per heavy atom. The van der Waals surface area contributed by atoms with E-state index < -0.39 is 33.0 Å². The lowest BCUT2D eigenvalue weighted by Crippen LogP contribution is -2.45. The predicted molar refractivity (Wildman–Crippen MR) is 93.7 cm³/mol. The molecule has 0 heterocycles. The maximum atomic E-state index is 13.7. The number of hydrogen-bond acceptors (Lipinski definition) is 3. The van der Waals surface area contributed by atoms with Crippen LogP contribution in [0.3, 0.4) is 0 Å². The van der Waals surface area contributed by atoms with Crippen molar-refractivity contribution in [3.05, 3.63) is 71.3 Å². The van der Waals surface area contributed by atoms with E-state index in [1.54, 1.807) is 30.3 Å². The van der Waals surface area contributed by atoms with Crippen LogP contribution >= 0.6 is 0 Å². The largest absolute Gasteiger partial charge is 0.273 e. The van der Waals surface area contributed by atoms with Crippen molar-refractivity contribution in [2.45, 2.75) is 36.9 Å². The number of carbonyl (C=O) groups excluding carboxylic acids is 1. The van der Waals surface area contributed by atoms with E-state index in [1.807, 2.05) is 0 Å². The molecular weight excluding hydrogens is 360 g/mol. The van der Waals surface area contributed by atoms with Gasteiger partial charge in [0, 0.05) is 6.07 Å². The zero-order valence-electron chi connectivity index (χ0n) is 14.0. The lowest BCUT2D eigenvalue weighted by atomic mass is 9.78. The molecule has 7 heteroatoms. The summed E-state index contributed by atoms with van der Waals surface area (Å²) in [6, 6.07) is 11.4. The van der Waals surface area contributed by atoms with Gasteiger partial charge in [-0.25, -0.2) is 17.2 Å². The van der Waals surface area contributed by atoms with Crippen molar-refractivity contribution in [1.29, 1.82) is 0 Å². The van der Waals surface area contributed by atoms with Crippen LogP contribution in [0.2, 0.25) is 0 Å². The van der Waals surface area contributed by atoms with Crippen molar-refractivity contribution in [2.75, 3.05) is 0 Å². The first-order valence-electron chi connectivity index (χ1n) is 8.36. The summed E-state index contributed by atoms with van der Waals surface area (Å²) in [5.74, 6) is -2.64. The molecule has 2 aromatic carbocycles. The molecule has 1 aliphatic rings. The monoisotopic (exact) mass is 379 g/mol. The Morgan fingerprint density at radius 3 is 2.15 bits per heavy atom. The molecule has 3 rings (SSSR count). The highest BCUT2D eigenvalue weighted by molar-refractivity contribution is 7.89. The molecule has 1 fully saturated rings. The summed E-state index contributed by atoms with van der Waals surface area (Å²) < 4.78 is 54.2. The zero-order chi connectivity index (χ0) is 18.8. The van der Waals surface area contributed by atoms with Gasteiger partial charge in [0.15, 0.2) is 0 Å². The van der Waals surface area contributed by atoms with E-state index in [9.17, 15) is 22.0 Å². The summed E-state index contributed by atoms with van der Waals surface area (Å²) in [7, 11) is -3.92. The molecule has 26 heavy (non-hydrogen) atoms. The highest BCUT2D eigenvalue weighted by atomic mass is 32.2. The highest BCUT2D eigenvalue weighted by Gasteiger charge is 2.44. The minimum absolute atomic E-state index is 0.180. The maximum absolute atomic E-state index is 13.7. The Kier molecular flexibility index (Phi) is 5.09.